The van der Waals surface area contributed by atoms with Crippen molar-refractivity contribution < 1.29 is 23.5 Å². The van der Waals surface area contributed by atoms with Crippen LogP contribution < -0.4 is 15.4 Å². The Kier molecular flexibility index (Phi) is 6.72. The van der Waals surface area contributed by atoms with Crippen molar-refractivity contribution in [2.24, 2.45) is 23.7 Å². The van der Waals surface area contributed by atoms with Crippen molar-refractivity contribution in [3.8, 4) is 5.75 Å². The monoisotopic (exact) mass is 452 g/mol. The zero-order valence-corrected chi connectivity index (χ0v) is 18.7. The first-order valence-electron chi connectivity index (χ1n) is 11.1. The molecular weight excluding hydrogens is 423 g/mol. The second kappa shape index (κ2) is 9.33. The van der Waals surface area contributed by atoms with Gasteiger partial charge in [0.25, 0.3) is 5.91 Å². The van der Waals surface area contributed by atoms with Crippen LogP contribution in [0.1, 0.15) is 39.5 Å². The number of hydrogen-bond donors (Lipinski definition) is 2. The summed E-state index contributed by atoms with van der Waals surface area (Å²) in [7, 11) is 0. The molecule has 0 spiro atoms. The number of carbonyl (C=O) groups excluding carboxylic acids is 2. The van der Waals surface area contributed by atoms with Gasteiger partial charge >= 0.3 is 0 Å². The number of fused-ring (bicyclic) bond motifs is 2. The van der Waals surface area contributed by atoms with Gasteiger partial charge in [-0.25, -0.2) is 4.39 Å². The number of benzene rings is 1. The van der Waals surface area contributed by atoms with Crippen molar-refractivity contribution in [3.63, 3.8) is 0 Å². The third-order valence-corrected chi connectivity index (χ3v) is 7.39. The lowest BCUT2D eigenvalue weighted by Gasteiger charge is -2.50. The van der Waals surface area contributed by atoms with E-state index in [9.17, 15) is 14.0 Å². The molecule has 0 aromatic heterocycles. The summed E-state index contributed by atoms with van der Waals surface area (Å²) in [5.41, 5.74) is 0. The van der Waals surface area contributed by atoms with Crippen molar-refractivity contribution in [1.82, 2.24) is 10.6 Å². The molecule has 5 rings (SSSR count). The summed E-state index contributed by atoms with van der Waals surface area (Å²) in [5, 5.41) is 6.15. The van der Waals surface area contributed by atoms with Gasteiger partial charge in [0.2, 0.25) is 5.91 Å². The molecule has 6 nitrogen and oxygen atoms in total. The average Bonchev–Trinajstić information content (AvgIpc) is 3.03. The quantitative estimate of drug-likeness (QED) is 0.665. The minimum absolute atomic E-state index is 0.00675. The maximum Gasteiger partial charge on any atom is 0.258 e. The Labute approximate surface area is 187 Å². The van der Waals surface area contributed by atoms with Gasteiger partial charge in [0.15, 0.2) is 6.61 Å². The van der Waals surface area contributed by atoms with Crippen molar-refractivity contribution >= 4 is 23.4 Å². The first kappa shape index (κ1) is 22.3. The molecular formula is C23H30ClFN2O4. The molecule has 1 aliphatic heterocycles. The Morgan fingerprint density at radius 3 is 2.65 bits per heavy atom. The van der Waals surface area contributed by atoms with Crippen molar-refractivity contribution in [3.05, 3.63) is 29.0 Å². The molecule has 4 unspecified atom stereocenters. The number of nitrogens with one attached hydrogen (secondary N) is 2. The molecule has 170 valence electrons. The molecule has 31 heavy (non-hydrogen) atoms. The summed E-state index contributed by atoms with van der Waals surface area (Å²) in [5.74, 6) is 0.574. The number of ether oxygens (including phenoxy) is 2. The highest BCUT2D eigenvalue weighted by molar-refractivity contribution is 6.30. The molecule has 1 aromatic carbocycles. The molecule has 1 heterocycles. The predicted octanol–water partition coefficient (Wildman–Crippen LogP) is 3.32. The number of halogens is 2. The van der Waals surface area contributed by atoms with Crippen LogP contribution in [0.15, 0.2) is 18.2 Å². The molecule has 2 amide bonds. The Balaban J connectivity index is 1.24. The maximum atomic E-state index is 13.5. The molecule has 5 atom stereocenters. The highest BCUT2D eigenvalue weighted by Gasteiger charge is 2.49. The summed E-state index contributed by atoms with van der Waals surface area (Å²) in [4.78, 5) is 25.2. The molecule has 4 aliphatic rings. The zero-order chi connectivity index (χ0) is 22.1. The SMILES string of the molecule is CC1CC(CNC(=O)C2C[C@H](NC(=O)COc3ccc(Cl)c(F)c3)C3CC2C3)C(C)O1. The van der Waals surface area contributed by atoms with Gasteiger partial charge in [-0.1, -0.05) is 11.6 Å². The van der Waals surface area contributed by atoms with Crippen LogP contribution in [0, 0.1) is 29.5 Å². The topological polar surface area (TPSA) is 76.7 Å². The van der Waals surface area contributed by atoms with Crippen LogP contribution in [0.2, 0.25) is 5.02 Å². The fourth-order valence-corrected chi connectivity index (χ4v) is 5.37. The Hall–Kier alpha value is -1.86. The summed E-state index contributed by atoms with van der Waals surface area (Å²) in [6, 6.07) is 4.03. The summed E-state index contributed by atoms with van der Waals surface area (Å²) in [6.45, 7) is 4.56. The average molecular weight is 453 g/mol. The minimum Gasteiger partial charge on any atom is -0.484 e. The number of carbonyl (C=O) groups is 2. The van der Waals surface area contributed by atoms with E-state index >= 15 is 0 Å². The van der Waals surface area contributed by atoms with Gasteiger partial charge in [0.1, 0.15) is 11.6 Å². The summed E-state index contributed by atoms with van der Waals surface area (Å²) >= 11 is 5.66. The fourth-order valence-electron chi connectivity index (χ4n) is 5.25. The lowest BCUT2D eigenvalue weighted by Crippen LogP contribution is -2.57. The normalized spacial score (nSPS) is 34.0. The number of hydrogen-bond acceptors (Lipinski definition) is 4. The van der Waals surface area contributed by atoms with E-state index in [4.69, 9.17) is 21.1 Å². The fraction of sp³-hybridized carbons (Fsp3) is 0.652. The highest BCUT2D eigenvalue weighted by atomic mass is 35.5. The van der Waals surface area contributed by atoms with E-state index in [2.05, 4.69) is 24.5 Å². The Morgan fingerprint density at radius 1 is 1.19 bits per heavy atom. The van der Waals surface area contributed by atoms with Gasteiger partial charge in [0, 0.05) is 30.5 Å². The van der Waals surface area contributed by atoms with Crippen LogP contribution in [-0.4, -0.2) is 43.2 Å². The lowest BCUT2D eigenvalue weighted by atomic mass is 9.57. The van der Waals surface area contributed by atoms with Crippen LogP contribution in [-0.2, 0) is 14.3 Å². The zero-order valence-electron chi connectivity index (χ0n) is 17.9. The van der Waals surface area contributed by atoms with Crippen LogP contribution in [0.5, 0.6) is 5.75 Å². The molecule has 8 heteroatoms. The maximum absolute atomic E-state index is 13.5. The Morgan fingerprint density at radius 2 is 1.97 bits per heavy atom. The van der Waals surface area contributed by atoms with E-state index < -0.39 is 5.82 Å². The lowest BCUT2D eigenvalue weighted by molar-refractivity contribution is -0.136. The smallest absolute Gasteiger partial charge is 0.258 e. The second-order valence-corrected chi connectivity index (χ2v) is 9.67. The van der Waals surface area contributed by atoms with Gasteiger partial charge in [-0.3, -0.25) is 9.59 Å². The predicted molar refractivity (Wildman–Crippen MR) is 114 cm³/mol. The van der Waals surface area contributed by atoms with Crippen LogP contribution in [0.4, 0.5) is 4.39 Å². The van der Waals surface area contributed by atoms with E-state index in [1.807, 2.05) is 0 Å². The summed E-state index contributed by atoms with van der Waals surface area (Å²) in [6.07, 6.45) is 3.95. The van der Waals surface area contributed by atoms with Gasteiger partial charge in [-0.05, 0) is 63.5 Å². The molecule has 1 saturated heterocycles. The first-order chi connectivity index (χ1) is 14.8. The number of amides is 2. The molecule has 2 bridgehead atoms. The molecule has 4 fully saturated rings. The van der Waals surface area contributed by atoms with Gasteiger partial charge in [-0.2, -0.15) is 0 Å². The highest BCUT2D eigenvalue weighted by Crippen LogP contribution is 2.49. The van der Waals surface area contributed by atoms with Crippen molar-refractivity contribution in [2.75, 3.05) is 13.2 Å². The third-order valence-electron chi connectivity index (χ3n) is 7.09. The van der Waals surface area contributed by atoms with Crippen molar-refractivity contribution in [2.45, 2.75) is 57.8 Å². The molecule has 3 saturated carbocycles. The van der Waals surface area contributed by atoms with E-state index in [0.29, 0.717) is 30.7 Å². The standard InChI is InChI=1S/C23H30ClFN2O4/c1-12-5-16(13(2)31-12)10-26-23(29)18-9-21(15-6-14(18)7-15)27-22(28)11-30-17-3-4-19(24)20(25)8-17/h3-4,8,12-16,18,21H,5-7,9-11H2,1-2H3,(H,26,29)(H,27,28)/t12?,13?,14?,15?,16?,18?,21-/m0/s1. The molecule has 1 aromatic rings. The number of rotatable bonds is 7. The van der Waals surface area contributed by atoms with Gasteiger partial charge in [0.05, 0.1) is 17.2 Å². The van der Waals surface area contributed by atoms with Crippen molar-refractivity contribution in [1.29, 1.82) is 0 Å². The minimum atomic E-state index is -0.589. The first-order valence-corrected chi connectivity index (χ1v) is 11.5. The molecule has 0 radical (unpaired) electrons. The van der Waals surface area contributed by atoms with Gasteiger partial charge in [-0.15, -0.1) is 0 Å². The van der Waals surface area contributed by atoms with Crippen LogP contribution >= 0.6 is 11.6 Å². The van der Waals surface area contributed by atoms with E-state index in [0.717, 1.165) is 25.3 Å². The molecule has 2 N–H and O–H groups in total. The Bertz CT molecular complexity index is 832. The van der Waals surface area contributed by atoms with E-state index in [1.54, 1.807) is 0 Å². The van der Waals surface area contributed by atoms with E-state index in [-0.39, 0.29) is 53.4 Å². The third kappa shape index (κ3) is 5.14. The van der Waals surface area contributed by atoms with Gasteiger partial charge < -0.3 is 20.1 Å². The van der Waals surface area contributed by atoms with Crippen LogP contribution in [0.3, 0.4) is 0 Å². The van der Waals surface area contributed by atoms with Crippen LogP contribution in [0.25, 0.3) is 0 Å². The largest absolute Gasteiger partial charge is 0.484 e. The summed E-state index contributed by atoms with van der Waals surface area (Å²) < 4.78 is 24.6. The van der Waals surface area contributed by atoms with E-state index in [1.165, 1.54) is 12.1 Å². The molecule has 3 aliphatic carbocycles. The second-order valence-electron chi connectivity index (χ2n) is 9.27.